The molecule has 6 nitrogen and oxygen atoms in total. The Balaban J connectivity index is 2.00. The van der Waals surface area contributed by atoms with Crippen LogP contribution < -0.4 is 0 Å². The molecule has 0 amide bonds. The van der Waals surface area contributed by atoms with Gasteiger partial charge in [-0.25, -0.2) is 4.98 Å². The number of aryl methyl sites for hydroxylation is 2. The van der Waals surface area contributed by atoms with Crippen LogP contribution in [-0.2, 0) is 9.53 Å². The van der Waals surface area contributed by atoms with E-state index in [0.29, 0.717) is 11.8 Å². The van der Waals surface area contributed by atoms with Crippen molar-refractivity contribution < 1.29 is 9.53 Å². The number of hydrogen-bond acceptors (Lipinski definition) is 6. The fourth-order valence-corrected chi connectivity index (χ4v) is 3.57. The molecule has 1 aromatic carbocycles. The summed E-state index contributed by atoms with van der Waals surface area (Å²) in [5, 5.41) is 8.55. The minimum atomic E-state index is -0.501. The summed E-state index contributed by atoms with van der Waals surface area (Å²) in [6, 6.07) is 11.4. The summed E-state index contributed by atoms with van der Waals surface area (Å²) in [7, 11) is 0. The third-order valence-electron chi connectivity index (χ3n) is 3.48. The molecule has 0 fully saturated rings. The number of benzene rings is 1. The largest absolute Gasteiger partial charge is 0.465 e. The van der Waals surface area contributed by atoms with Crippen LogP contribution in [0.3, 0.4) is 0 Å². The number of nitrogens with zero attached hydrogens (tertiary/aromatic N) is 4. The third kappa shape index (κ3) is 3.26. The molecule has 0 aliphatic rings. The molecule has 2 heterocycles. The normalized spacial score (nSPS) is 12.3. The van der Waals surface area contributed by atoms with Gasteiger partial charge in [-0.3, -0.25) is 9.20 Å². The van der Waals surface area contributed by atoms with E-state index in [1.807, 2.05) is 54.6 Å². The lowest BCUT2D eigenvalue weighted by Gasteiger charge is -2.15. The third-order valence-corrected chi connectivity index (χ3v) is 4.66. The molecule has 124 valence electrons. The summed E-state index contributed by atoms with van der Waals surface area (Å²) in [5.74, 6) is 0.497. The van der Waals surface area contributed by atoms with E-state index in [9.17, 15) is 4.79 Å². The first-order valence-electron chi connectivity index (χ1n) is 7.67. The van der Waals surface area contributed by atoms with E-state index < -0.39 is 5.25 Å². The van der Waals surface area contributed by atoms with Crippen LogP contribution in [0.15, 0.2) is 41.6 Å². The van der Waals surface area contributed by atoms with Gasteiger partial charge in [0.1, 0.15) is 11.1 Å². The highest BCUT2D eigenvalue weighted by molar-refractivity contribution is 8.00. The monoisotopic (exact) mass is 342 g/mol. The molecule has 3 rings (SSSR count). The maximum Gasteiger partial charge on any atom is 0.324 e. The number of carbonyl (C=O) groups excluding carboxylic acids is 1. The Labute approximate surface area is 144 Å². The molecule has 2 aromatic heterocycles. The second kappa shape index (κ2) is 7.00. The van der Waals surface area contributed by atoms with Crippen LogP contribution in [0, 0.1) is 13.8 Å². The maximum absolute atomic E-state index is 12.4. The number of aromatic nitrogens is 4. The summed E-state index contributed by atoms with van der Waals surface area (Å²) >= 11 is 1.32. The van der Waals surface area contributed by atoms with Crippen molar-refractivity contribution in [2.45, 2.75) is 31.2 Å². The number of rotatable bonds is 5. The molecule has 24 heavy (non-hydrogen) atoms. The van der Waals surface area contributed by atoms with Crippen LogP contribution in [0.1, 0.15) is 29.3 Å². The van der Waals surface area contributed by atoms with Crippen molar-refractivity contribution in [3.05, 3.63) is 53.5 Å². The van der Waals surface area contributed by atoms with Crippen molar-refractivity contribution in [3.8, 4) is 0 Å². The maximum atomic E-state index is 12.4. The molecule has 0 saturated carbocycles. The van der Waals surface area contributed by atoms with Gasteiger partial charge in [-0.2, -0.15) is 0 Å². The van der Waals surface area contributed by atoms with Crippen LogP contribution in [0.5, 0.6) is 0 Å². The Morgan fingerprint density at radius 1 is 1.25 bits per heavy atom. The first-order valence-corrected chi connectivity index (χ1v) is 8.55. The molecule has 0 N–H and O–H groups in total. The average Bonchev–Trinajstić information content (AvgIpc) is 2.96. The predicted molar refractivity (Wildman–Crippen MR) is 91.9 cm³/mol. The minimum absolute atomic E-state index is 0.289. The summed E-state index contributed by atoms with van der Waals surface area (Å²) < 4.78 is 7.09. The second-order valence-electron chi connectivity index (χ2n) is 5.28. The summed E-state index contributed by atoms with van der Waals surface area (Å²) in [6.07, 6.45) is 0. The molecule has 7 heteroatoms. The van der Waals surface area contributed by atoms with E-state index in [1.54, 1.807) is 6.92 Å². The second-order valence-corrected chi connectivity index (χ2v) is 6.35. The number of fused-ring (bicyclic) bond motifs is 1. The van der Waals surface area contributed by atoms with Crippen molar-refractivity contribution in [2.75, 3.05) is 6.61 Å². The van der Waals surface area contributed by atoms with Crippen molar-refractivity contribution in [1.82, 2.24) is 19.6 Å². The molecule has 0 radical (unpaired) electrons. The Morgan fingerprint density at radius 2 is 2.00 bits per heavy atom. The first-order chi connectivity index (χ1) is 11.6. The number of thioether (sulfide) groups is 1. The highest BCUT2D eigenvalue weighted by atomic mass is 32.2. The van der Waals surface area contributed by atoms with Gasteiger partial charge in [-0.1, -0.05) is 42.1 Å². The molecule has 0 bridgehead atoms. The number of esters is 1. The lowest BCUT2D eigenvalue weighted by Crippen LogP contribution is -2.14. The van der Waals surface area contributed by atoms with Gasteiger partial charge in [-0.15, -0.1) is 10.2 Å². The lowest BCUT2D eigenvalue weighted by molar-refractivity contribution is -0.142. The first kappa shape index (κ1) is 16.4. The van der Waals surface area contributed by atoms with Gasteiger partial charge >= 0.3 is 5.97 Å². The molecule has 0 spiro atoms. The highest BCUT2D eigenvalue weighted by Gasteiger charge is 2.26. The van der Waals surface area contributed by atoms with Crippen LogP contribution >= 0.6 is 11.8 Å². The zero-order valence-electron chi connectivity index (χ0n) is 13.8. The van der Waals surface area contributed by atoms with Gasteiger partial charge in [0, 0.05) is 11.8 Å². The molecule has 1 atom stereocenters. The molecule has 0 unspecified atom stereocenters. The number of ether oxygens (including phenoxy) is 1. The van der Waals surface area contributed by atoms with Crippen molar-refractivity contribution >= 4 is 23.4 Å². The Hall–Kier alpha value is -2.41. The molecule has 0 aliphatic heterocycles. The summed E-state index contributed by atoms with van der Waals surface area (Å²) in [4.78, 5) is 16.9. The molecule has 0 aliphatic carbocycles. The molecular weight excluding hydrogens is 324 g/mol. The van der Waals surface area contributed by atoms with Crippen LogP contribution in [0.2, 0.25) is 0 Å². The van der Waals surface area contributed by atoms with Gasteiger partial charge in [-0.05, 0) is 26.3 Å². The summed E-state index contributed by atoms with van der Waals surface area (Å²) in [6.45, 7) is 5.95. The van der Waals surface area contributed by atoms with Gasteiger partial charge in [0.15, 0.2) is 10.8 Å². The van der Waals surface area contributed by atoms with E-state index in [-0.39, 0.29) is 5.97 Å². The van der Waals surface area contributed by atoms with E-state index in [0.717, 1.165) is 22.7 Å². The Bertz CT molecular complexity index is 864. The van der Waals surface area contributed by atoms with Crippen molar-refractivity contribution in [1.29, 1.82) is 0 Å². The van der Waals surface area contributed by atoms with Crippen LogP contribution in [-0.4, -0.2) is 32.2 Å². The van der Waals surface area contributed by atoms with E-state index in [4.69, 9.17) is 4.74 Å². The Kier molecular flexibility index (Phi) is 4.80. The SMILES string of the molecule is CCOC(=O)[C@H](Sc1nnc2cc(C)nc(C)n12)c1ccccc1. The van der Waals surface area contributed by atoms with Crippen LogP contribution in [0.25, 0.3) is 5.65 Å². The molecule has 0 saturated heterocycles. The van der Waals surface area contributed by atoms with Crippen molar-refractivity contribution in [2.24, 2.45) is 0 Å². The lowest BCUT2D eigenvalue weighted by atomic mass is 10.1. The zero-order valence-corrected chi connectivity index (χ0v) is 14.6. The van der Waals surface area contributed by atoms with E-state index in [2.05, 4.69) is 15.2 Å². The number of carbonyl (C=O) groups is 1. The van der Waals surface area contributed by atoms with Gasteiger partial charge in [0.25, 0.3) is 0 Å². The molecular formula is C17H18N4O2S. The number of hydrogen-bond donors (Lipinski definition) is 0. The highest BCUT2D eigenvalue weighted by Crippen LogP contribution is 2.35. The van der Waals surface area contributed by atoms with E-state index >= 15 is 0 Å². The predicted octanol–water partition coefficient (Wildman–Crippen LogP) is 3.14. The average molecular weight is 342 g/mol. The van der Waals surface area contributed by atoms with Crippen LogP contribution in [0.4, 0.5) is 0 Å². The van der Waals surface area contributed by atoms with Gasteiger partial charge < -0.3 is 4.74 Å². The molecule has 3 aromatic rings. The standard InChI is InChI=1S/C17H18N4O2S/c1-4-23-16(22)15(13-8-6-5-7-9-13)24-17-20-19-14-10-11(2)18-12(3)21(14)17/h5-10,15H,4H2,1-3H3/t15-/m1/s1. The van der Waals surface area contributed by atoms with Gasteiger partial charge in [0.05, 0.1) is 6.61 Å². The zero-order chi connectivity index (χ0) is 17.1. The fourth-order valence-electron chi connectivity index (χ4n) is 2.48. The smallest absolute Gasteiger partial charge is 0.324 e. The fraction of sp³-hybridized carbons (Fsp3) is 0.294. The topological polar surface area (TPSA) is 69.4 Å². The quantitative estimate of drug-likeness (QED) is 0.524. The van der Waals surface area contributed by atoms with Gasteiger partial charge in [0.2, 0.25) is 0 Å². The van der Waals surface area contributed by atoms with E-state index in [1.165, 1.54) is 11.8 Å². The summed E-state index contributed by atoms with van der Waals surface area (Å²) in [5.41, 5.74) is 2.47. The minimum Gasteiger partial charge on any atom is -0.465 e. The Morgan fingerprint density at radius 3 is 2.71 bits per heavy atom. The van der Waals surface area contributed by atoms with Crippen molar-refractivity contribution in [3.63, 3.8) is 0 Å².